The zero-order valence-corrected chi connectivity index (χ0v) is 12.0. The highest BCUT2D eigenvalue weighted by atomic mass is 19.4. The van der Waals surface area contributed by atoms with Gasteiger partial charge in [-0.1, -0.05) is 18.2 Å². The summed E-state index contributed by atoms with van der Waals surface area (Å²) >= 11 is 0. The lowest BCUT2D eigenvalue weighted by Gasteiger charge is -2.32. The SMILES string of the molecule is CC1=NN(C(=O)COc2ccccc2C)[C@](O)(C(F)(F)F)C1. The molecule has 0 aromatic heterocycles. The lowest BCUT2D eigenvalue weighted by atomic mass is 10.1. The van der Waals surface area contributed by atoms with Crippen molar-refractivity contribution in [3.63, 3.8) is 0 Å². The topological polar surface area (TPSA) is 62.1 Å². The molecule has 5 nitrogen and oxygen atoms in total. The van der Waals surface area contributed by atoms with Crippen LogP contribution < -0.4 is 4.74 Å². The molecule has 0 saturated heterocycles. The number of ether oxygens (including phenoxy) is 1. The van der Waals surface area contributed by atoms with E-state index in [1.54, 1.807) is 31.2 Å². The van der Waals surface area contributed by atoms with E-state index in [1.807, 2.05) is 0 Å². The summed E-state index contributed by atoms with van der Waals surface area (Å²) in [5.41, 5.74) is -2.56. The number of carbonyl (C=O) groups excluding carboxylic acids is 1. The molecule has 22 heavy (non-hydrogen) atoms. The second kappa shape index (κ2) is 5.60. The Balaban J connectivity index is 2.13. The molecule has 0 aliphatic carbocycles. The number of para-hydroxylation sites is 1. The number of aryl methyl sites for hydroxylation is 1. The molecule has 1 aliphatic rings. The molecule has 8 heteroatoms. The Kier molecular flexibility index (Phi) is 4.15. The quantitative estimate of drug-likeness (QED) is 0.930. The van der Waals surface area contributed by atoms with Gasteiger partial charge in [0.25, 0.3) is 11.6 Å². The number of hydrogen-bond acceptors (Lipinski definition) is 4. The van der Waals surface area contributed by atoms with Crippen LogP contribution in [0.15, 0.2) is 29.4 Å². The fraction of sp³-hybridized carbons (Fsp3) is 0.429. The molecule has 1 heterocycles. The maximum Gasteiger partial charge on any atom is 0.438 e. The summed E-state index contributed by atoms with van der Waals surface area (Å²) in [6.45, 7) is 2.40. The first-order chi connectivity index (χ1) is 10.1. The zero-order chi connectivity index (χ0) is 16.5. The number of nitrogens with zero attached hydrogens (tertiary/aromatic N) is 2. The van der Waals surface area contributed by atoms with Gasteiger partial charge in [-0.25, -0.2) is 0 Å². The van der Waals surface area contributed by atoms with Crippen LogP contribution in [-0.2, 0) is 4.79 Å². The summed E-state index contributed by atoms with van der Waals surface area (Å²) in [5, 5.41) is 13.3. The summed E-state index contributed by atoms with van der Waals surface area (Å²) in [6, 6.07) is 6.78. The number of hydrogen-bond donors (Lipinski definition) is 1. The number of benzene rings is 1. The maximum absolute atomic E-state index is 13.0. The highest BCUT2D eigenvalue weighted by Gasteiger charge is 2.62. The second-order valence-electron chi connectivity index (χ2n) is 5.09. The predicted octanol–water partition coefficient (Wildman–Crippen LogP) is 2.23. The van der Waals surface area contributed by atoms with Crippen molar-refractivity contribution in [2.45, 2.75) is 32.2 Å². The van der Waals surface area contributed by atoms with E-state index < -0.39 is 30.8 Å². The van der Waals surface area contributed by atoms with E-state index in [4.69, 9.17) is 4.74 Å². The molecule has 1 aromatic rings. The van der Waals surface area contributed by atoms with E-state index in [1.165, 1.54) is 6.92 Å². The van der Waals surface area contributed by atoms with E-state index in [0.717, 1.165) is 5.56 Å². The van der Waals surface area contributed by atoms with Crippen LogP contribution in [0.5, 0.6) is 5.75 Å². The Labute approximate surface area is 125 Å². The van der Waals surface area contributed by atoms with Crippen molar-refractivity contribution in [1.29, 1.82) is 0 Å². The lowest BCUT2D eigenvalue weighted by Crippen LogP contribution is -2.57. The van der Waals surface area contributed by atoms with Crippen molar-refractivity contribution >= 4 is 11.6 Å². The fourth-order valence-corrected chi connectivity index (χ4v) is 2.12. The van der Waals surface area contributed by atoms with Crippen molar-refractivity contribution in [2.75, 3.05) is 6.61 Å². The van der Waals surface area contributed by atoms with Crippen molar-refractivity contribution in [2.24, 2.45) is 5.10 Å². The summed E-state index contributed by atoms with van der Waals surface area (Å²) in [4.78, 5) is 12.0. The third kappa shape index (κ3) is 2.92. The fourth-order valence-electron chi connectivity index (χ4n) is 2.12. The minimum Gasteiger partial charge on any atom is -0.483 e. The van der Waals surface area contributed by atoms with Crippen molar-refractivity contribution in [3.8, 4) is 5.75 Å². The Morgan fingerprint density at radius 3 is 2.64 bits per heavy atom. The molecule has 1 amide bonds. The molecular formula is C14H15F3N2O3. The smallest absolute Gasteiger partial charge is 0.438 e. The van der Waals surface area contributed by atoms with Crippen LogP contribution in [0.25, 0.3) is 0 Å². The average molecular weight is 316 g/mol. The molecule has 1 atom stereocenters. The summed E-state index contributed by atoms with van der Waals surface area (Å²) in [5.74, 6) is -0.689. The van der Waals surface area contributed by atoms with Gasteiger partial charge in [-0.05, 0) is 25.5 Å². The van der Waals surface area contributed by atoms with Gasteiger partial charge in [-0.2, -0.15) is 23.3 Å². The van der Waals surface area contributed by atoms with Crippen molar-refractivity contribution < 1.29 is 27.8 Å². The number of halogens is 3. The average Bonchev–Trinajstić information content (AvgIpc) is 2.73. The molecule has 0 fully saturated rings. The predicted molar refractivity (Wildman–Crippen MR) is 72.3 cm³/mol. The van der Waals surface area contributed by atoms with E-state index in [2.05, 4.69) is 5.10 Å². The number of rotatable bonds is 3. The Morgan fingerprint density at radius 1 is 1.41 bits per heavy atom. The zero-order valence-electron chi connectivity index (χ0n) is 12.0. The van der Waals surface area contributed by atoms with Gasteiger partial charge in [0.1, 0.15) is 5.75 Å². The second-order valence-corrected chi connectivity index (χ2v) is 5.09. The number of hydrazone groups is 1. The van der Waals surface area contributed by atoms with E-state index in [9.17, 15) is 23.1 Å². The molecule has 0 radical (unpaired) electrons. The molecule has 1 aromatic carbocycles. The van der Waals surface area contributed by atoms with Crippen LogP contribution in [0.4, 0.5) is 13.2 Å². The molecule has 120 valence electrons. The minimum atomic E-state index is -5.01. The normalized spacial score (nSPS) is 21.7. The summed E-state index contributed by atoms with van der Waals surface area (Å²) in [6.07, 6.45) is -5.78. The largest absolute Gasteiger partial charge is 0.483 e. The molecule has 1 N–H and O–H groups in total. The van der Waals surface area contributed by atoms with Crippen LogP contribution in [-0.4, -0.2) is 40.2 Å². The maximum atomic E-state index is 13.0. The van der Waals surface area contributed by atoms with Gasteiger partial charge < -0.3 is 9.84 Å². The first-order valence-corrected chi connectivity index (χ1v) is 6.50. The molecular weight excluding hydrogens is 301 g/mol. The third-order valence-electron chi connectivity index (χ3n) is 3.26. The minimum absolute atomic E-state index is 0.0177. The number of carbonyl (C=O) groups is 1. The van der Waals surface area contributed by atoms with Crippen LogP contribution in [0.1, 0.15) is 18.9 Å². The Bertz CT molecular complexity index is 616. The third-order valence-corrected chi connectivity index (χ3v) is 3.26. The Hall–Kier alpha value is -2.09. The van der Waals surface area contributed by atoms with Gasteiger partial charge in [0.2, 0.25) is 0 Å². The molecule has 0 bridgehead atoms. The van der Waals surface area contributed by atoms with Gasteiger partial charge >= 0.3 is 6.18 Å². The molecule has 1 aliphatic heterocycles. The van der Waals surface area contributed by atoms with Gasteiger partial charge in [-0.15, -0.1) is 0 Å². The van der Waals surface area contributed by atoms with Crippen LogP contribution in [0, 0.1) is 6.92 Å². The molecule has 0 saturated carbocycles. The van der Waals surface area contributed by atoms with Crippen LogP contribution in [0.3, 0.4) is 0 Å². The summed E-state index contributed by atoms with van der Waals surface area (Å²) < 4.78 is 44.2. The van der Waals surface area contributed by atoms with E-state index >= 15 is 0 Å². The monoisotopic (exact) mass is 316 g/mol. The van der Waals surface area contributed by atoms with Crippen molar-refractivity contribution in [1.82, 2.24) is 5.01 Å². The highest BCUT2D eigenvalue weighted by Crippen LogP contribution is 2.40. The van der Waals surface area contributed by atoms with Gasteiger partial charge in [0, 0.05) is 12.1 Å². The Morgan fingerprint density at radius 2 is 2.05 bits per heavy atom. The summed E-state index contributed by atoms with van der Waals surface area (Å²) in [7, 11) is 0. The van der Waals surface area contributed by atoms with Gasteiger partial charge in [0.05, 0.1) is 0 Å². The van der Waals surface area contributed by atoms with E-state index in [-0.39, 0.29) is 10.7 Å². The first-order valence-electron chi connectivity index (χ1n) is 6.50. The number of alkyl halides is 3. The number of aliphatic hydroxyl groups is 1. The van der Waals surface area contributed by atoms with Gasteiger partial charge in [-0.3, -0.25) is 4.79 Å². The van der Waals surface area contributed by atoms with E-state index in [0.29, 0.717) is 5.75 Å². The molecule has 0 unspecified atom stereocenters. The first kappa shape index (κ1) is 16.3. The lowest BCUT2D eigenvalue weighted by molar-refractivity contribution is -0.302. The van der Waals surface area contributed by atoms with Crippen molar-refractivity contribution in [3.05, 3.63) is 29.8 Å². The standard InChI is InChI=1S/C14H15F3N2O3/c1-9-5-3-4-6-11(9)22-8-12(20)19-13(21,14(15,16)17)7-10(2)18-19/h3-6,21H,7-8H2,1-2H3/t13-/m1/s1. The highest BCUT2D eigenvalue weighted by molar-refractivity contribution is 5.89. The van der Waals surface area contributed by atoms with Crippen LogP contribution in [0.2, 0.25) is 0 Å². The van der Waals surface area contributed by atoms with Crippen LogP contribution >= 0.6 is 0 Å². The number of amides is 1. The molecule has 2 rings (SSSR count). The molecule has 0 spiro atoms. The van der Waals surface area contributed by atoms with Gasteiger partial charge in [0.15, 0.2) is 6.61 Å².